The van der Waals surface area contributed by atoms with Crippen LogP contribution in [0.4, 0.5) is 0 Å². The van der Waals surface area contributed by atoms with Crippen molar-refractivity contribution < 1.29 is 9.47 Å². The first kappa shape index (κ1) is 15.1. The minimum Gasteiger partial charge on any atom is -0.493 e. The third kappa shape index (κ3) is 3.34. The Balaban J connectivity index is 1.83. The quantitative estimate of drug-likeness (QED) is 0.701. The van der Waals surface area contributed by atoms with Crippen molar-refractivity contribution in [2.45, 2.75) is 13.0 Å². The van der Waals surface area contributed by atoms with Gasteiger partial charge < -0.3 is 14.0 Å². The molecule has 0 spiro atoms. The fraction of sp³-hybridized carbons (Fsp3) is 0.222. The summed E-state index contributed by atoms with van der Waals surface area (Å²) in [5.41, 5.74) is 3.36. The summed E-state index contributed by atoms with van der Waals surface area (Å²) in [6.07, 6.45) is 8.29. The number of hydrogen-bond acceptors (Lipinski definition) is 4. The Morgan fingerprint density at radius 2 is 1.74 bits per heavy atom. The number of aromatic nitrogens is 3. The maximum absolute atomic E-state index is 5.38. The number of ether oxygens (including phenoxy) is 2. The van der Waals surface area contributed by atoms with Gasteiger partial charge >= 0.3 is 0 Å². The Kier molecular flexibility index (Phi) is 4.57. The number of aryl methyl sites for hydroxylation is 2. The summed E-state index contributed by atoms with van der Waals surface area (Å²) in [6.45, 7) is 0.855. The second-order valence-corrected chi connectivity index (χ2v) is 5.15. The topological polar surface area (TPSA) is 49.2 Å². The van der Waals surface area contributed by atoms with Crippen molar-refractivity contribution in [2.75, 3.05) is 14.2 Å². The van der Waals surface area contributed by atoms with E-state index in [0.717, 1.165) is 30.0 Å². The minimum atomic E-state index is 0.715. The van der Waals surface area contributed by atoms with Gasteiger partial charge in [0.1, 0.15) is 0 Å². The molecule has 0 atom stereocenters. The van der Waals surface area contributed by atoms with E-state index >= 15 is 0 Å². The van der Waals surface area contributed by atoms with Crippen molar-refractivity contribution in [1.29, 1.82) is 0 Å². The number of benzene rings is 1. The van der Waals surface area contributed by atoms with Crippen LogP contribution in [-0.2, 0) is 13.0 Å². The third-order valence-corrected chi connectivity index (χ3v) is 3.78. The largest absolute Gasteiger partial charge is 0.493 e. The lowest BCUT2D eigenvalue weighted by molar-refractivity contribution is 0.355. The molecule has 0 radical (unpaired) electrons. The molecule has 1 aromatic carbocycles. The lowest BCUT2D eigenvalue weighted by Crippen LogP contribution is -2.02. The first-order valence-electron chi connectivity index (χ1n) is 7.43. The van der Waals surface area contributed by atoms with Gasteiger partial charge in [0, 0.05) is 24.5 Å². The monoisotopic (exact) mass is 309 g/mol. The maximum atomic E-state index is 5.38. The molecule has 2 aromatic heterocycles. The van der Waals surface area contributed by atoms with Crippen LogP contribution in [0.15, 0.2) is 55.2 Å². The van der Waals surface area contributed by atoms with Crippen LogP contribution in [0.3, 0.4) is 0 Å². The molecule has 2 heterocycles. The molecular weight excluding hydrogens is 290 g/mol. The van der Waals surface area contributed by atoms with Crippen LogP contribution < -0.4 is 9.47 Å². The van der Waals surface area contributed by atoms with Gasteiger partial charge in [-0.2, -0.15) is 0 Å². The molecule has 3 rings (SSSR count). The van der Waals surface area contributed by atoms with Crippen molar-refractivity contribution in [3.8, 4) is 22.8 Å². The zero-order valence-corrected chi connectivity index (χ0v) is 13.3. The molecule has 0 saturated heterocycles. The number of imidazole rings is 1. The predicted octanol–water partition coefficient (Wildman–Crippen LogP) is 3.21. The number of pyridine rings is 1. The van der Waals surface area contributed by atoms with E-state index in [4.69, 9.17) is 9.47 Å². The highest BCUT2D eigenvalue weighted by atomic mass is 16.5. The molecule has 0 aliphatic heterocycles. The van der Waals surface area contributed by atoms with Crippen LogP contribution in [0.5, 0.6) is 11.5 Å². The highest BCUT2D eigenvalue weighted by Gasteiger charge is 2.10. The van der Waals surface area contributed by atoms with Crippen molar-refractivity contribution >= 4 is 0 Å². The average molecular weight is 309 g/mol. The fourth-order valence-corrected chi connectivity index (χ4v) is 2.53. The van der Waals surface area contributed by atoms with Gasteiger partial charge in [0.15, 0.2) is 11.5 Å². The Hall–Kier alpha value is -2.82. The van der Waals surface area contributed by atoms with Crippen LogP contribution in [0.2, 0.25) is 0 Å². The van der Waals surface area contributed by atoms with E-state index in [1.165, 1.54) is 5.56 Å². The van der Waals surface area contributed by atoms with E-state index in [-0.39, 0.29) is 0 Å². The number of methoxy groups -OCH3 is 2. The van der Waals surface area contributed by atoms with Crippen LogP contribution >= 0.6 is 0 Å². The summed E-state index contributed by atoms with van der Waals surface area (Å²) < 4.78 is 12.8. The molecule has 0 fully saturated rings. The lowest BCUT2D eigenvalue weighted by Gasteiger charge is -2.11. The summed E-state index contributed by atoms with van der Waals surface area (Å²) in [4.78, 5) is 8.33. The van der Waals surface area contributed by atoms with Gasteiger partial charge in [-0.1, -0.05) is 0 Å². The van der Waals surface area contributed by atoms with E-state index in [9.17, 15) is 0 Å². The first-order valence-corrected chi connectivity index (χ1v) is 7.43. The summed E-state index contributed by atoms with van der Waals surface area (Å²) >= 11 is 0. The minimum absolute atomic E-state index is 0.715. The van der Waals surface area contributed by atoms with Crippen molar-refractivity contribution in [3.05, 3.63) is 60.8 Å². The average Bonchev–Trinajstić information content (AvgIpc) is 3.08. The highest BCUT2D eigenvalue weighted by molar-refractivity contribution is 5.64. The molecule has 0 N–H and O–H groups in total. The second-order valence-electron chi connectivity index (χ2n) is 5.15. The maximum Gasteiger partial charge on any atom is 0.161 e. The summed E-state index contributed by atoms with van der Waals surface area (Å²) in [7, 11) is 3.28. The smallest absolute Gasteiger partial charge is 0.161 e. The number of rotatable bonds is 6. The summed E-state index contributed by atoms with van der Waals surface area (Å²) in [5.74, 6) is 1.44. The first-order chi connectivity index (χ1) is 11.3. The van der Waals surface area contributed by atoms with Crippen molar-refractivity contribution in [2.24, 2.45) is 0 Å². The molecule has 3 aromatic rings. The van der Waals surface area contributed by atoms with Gasteiger partial charge in [-0.3, -0.25) is 4.98 Å². The van der Waals surface area contributed by atoms with Crippen LogP contribution in [-0.4, -0.2) is 28.8 Å². The normalized spacial score (nSPS) is 10.5. The SMILES string of the molecule is COc1ccc(-c2cncn2CCc2ccncc2)cc1OC. The standard InChI is InChI=1S/C18H19N3O2/c1-22-17-4-3-15(11-18(17)23-2)16-12-20-13-21(16)10-7-14-5-8-19-9-6-14/h3-6,8-9,11-13H,7,10H2,1-2H3. The molecule has 0 amide bonds. The van der Waals surface area contributed by atoms with E-state index in [1.807, 2.05) is 55.2 Å². The van der Waals surface area contributed by atoms with Crippen LogP contribution in [0, 0.1) is 0 Å². The highest BCUT2D eigenvalue weighted by Crippen LogP contribution is 2.32. The molecule has 0 aliphatic carbocycles. The summed E-state index contributed by atoms with van der Waals surface area (Å²) in [5, 5.41) is 0. The molecule has 0 aliphatic rings. The fourth-order valence-electron chi connectivity index (χ4n) is 2.53. The van der Waals surface area contributed by atoms with E-state index in [1.54, 1.807) is 14.2 Å². The number of nitrogens with zero attached hydrogens (tertiary/aromatic N) is 3. The van der Waals surface area contributed by atoms with E-state index < -0.39 is 0 Å². The van der Waals surface area contributed by atoms with Crippen LogP contribution in [0.25, 0.3) is 11.3 Å². The lowest BCUT2D eigenvalue weighted by atomic mass is 10.1. The van der Waals surface area contributed by atoms with Gasteiger partial charge in [0.25, 0.3) is 0 Å². The zero-order chi connectivity index (χ0) is 16.1. The molecule has 5 nitrogen and oxygen atoms in total. The van der Waals surface area contributed by atoms with Crippen molar-refractivity contribution in [3.63, 3.8) is 0 Å². The molecule has 0 saturated carbocycles. The van der Waals surface area contributed by atoms with Gasteiger partial charge in [0.05, 0.1) is 32.4 Å². The Morgan fingerprint density at radius 1 is 0.957 bits per heavy atom. The van der Waals surface area contributed by atoms with Crippen LogP contribution in [0.1, 0.15) is 5.56 Å². The molecule has 23 heavy (non-hydrogen) atoms. The molecule has 0 unspecified atom stereocenters. The Morgan fingerprint density at radius 3 is 2.48 bits per heavy atom. The molecule has 5 heteroatoms. The Bertz CT molecular complexity index is 769. The third-order valence-electron chi connectivity index (χ3n) is 3.78. The van der Waals surface area contributed by atoms with Gasteiger partial charge in [-0.15, -0.1) is 0 Å². The summed E-state index contributed by atoms with van der Waals surface area (Å²) in [6, 6.07) is 9.97. The zero-order valence-electron chi connectivity index (χ0n) is 13.3. The van der Waals surface area contributed by atoms with Gasteiger partial charge in [0.2, 0.25) is 0 Å². The van der Waals surface area contributed by atoms with E-state index in [2.05, 4.69) is 14.5 Å². The molecule has 118 valence electrons. The Labute approximate surface area is 135 Å². The number of hydrogen-bond donors (Lipinski definition) is 0. The molecule has 0 bridgehead atoms. The second kappa shape index (κ2) is 6.96. The van der Waals surface area contributed by atoms with Gasteiger partial charge in [-0.25, -0.2) is 4.98 Å². The predicted molar refractivity (Wildman–Crippen MR) is 88.7 cm³/mol. The van der Waals surface area contributed by atoms with E-state index in [0.29, 0.717) is 5.75 Å². The van der Waals surface area contributed by atoms with Gasteiger partial charge in [-0.05, 0) is 42.3 Å². The molecular formula is C18H19N3O2. The van der Waals surface area contributed by atoms with Crippen molar-refractivity contribution in [1.82, 2.24) is 14.5 Å².